The fourth-order valence-corrected chi connectivity index (χ4v) is 4.91. The Morgan fingerprint density at radius 1 is 0.951 bits per heavy atom. The summed E-state index contributed by atoms with van der Waals surface area (Å²) in [6, 6.07) is 13.1. The molecule has 1 fully saturated rings. The van der Waals surface area contributed by atoms with Crippen LogP contribution >= 0.6 is 0 Å². The number of hydrogen-bond donors (Lipinski definition) is 3. The first kappa shape index (κ1) is 30.3. The van der Waals surface area contributed by atoms with Crippen molar-refractivity contribution in [3.05, 3.63) is 82.9 Å². The van der Waals surface area contributed by atoms with E-state index in [9.17, 15) is 35.9 Å². The van der Waals surface area contributed by atoms with Crippen molar-refractivity contribution in [1.29, 1.82) is 0 Å². The third-order valence-electron chi connectivity index (χ3n) is 7.03. The minimum absolute atomic E-state index is 0.0631. The monoisotopic (exact) mass is 580 g/mol. The van der Waals surface area contributed by atoms with Gasteiger partial charge in [-0.05, 0) is 72.5 Å². The Morgan fingerprint density at radius 3 is 2.24 bits per heavy atom. The number of rotatable bonds is 8. The maximum Gasteiger partial charge on any atom is 0.416 e. The number of alkyl halides is 6. The second kappa shape index (κ2) is 12.5. The lowest BCUT2D eigenvalue weighted by molar-refractivity contribution is -0.143. The molecule has 0 radical (unpaired) electrons. The van der Waals surface area contributed by atoms with Crippen LogP contribution in [0, 0.1) is 0 Å². The van der Waals surface area contributed by atoms with Gasteiger partial charge in [-0.15, -0.1) is 0 Å². The summed E-state index contributed by atoms with van der Waals surface area (Å²) in [6.07, 6.45) is -8.88. The highest BCUT2D eigenvalue weighted by atomic mass is 19.4. The van der Waals surface area contributed by atoms with Gasteiger partial charge in [0.05, 0.1) is 17.2 Å². The SMILES string of the molecule is NCCC[C@H]1N[C@@H](CNC(=O)c2ccc3ccccc3c2)CCN(Cc2cc(C(F)(F)F)cc(C(F)(F)F)c2)C1=O. The molecule has 1 aliphatic heterocycles. The summed E-state index contributed by atoms with van der Waals surface area (Å²) < 4.78 is 80.1. The maximum absolute atomic E-state index is 13.4. The molecule has 4 N–H and O–H groups in total. The molecular formula is C29H30F6N4O2. The number of hydrogen-bond acceptors (Lipinski definition) is 4. The average molecular weight is 581 g/mol. The molecule has 2 atom stereocenters. The molecular weight excluding hydrogens is 550 g/mol. The van der Waals surface area contributed by atoms with E-state index in [4.69, 9.17) is 5.73 Å². The van der Waals surface area contributed by atoms with Crippen LogP contribution in [0.25, 0.3) is 10.8 Å². The van der Waals surface area contributed by atoms with Gasteiger partial charge in [-0.3, -0.25) is 9.59 Å². The van der Waals surface area contributed by atoms with Crippen LogP contribution in [-0.4, -0.2) is 48.4 Å². The highest BCUT2D eigenvalue weighted by Crippen LogP contribution is 2.36. The molecule has 1 aliphatic rings. The van der Waals surface area contributed by atoms with Crippen molar-refractivity contribution >= 4 is 22.6 Å². The van der Waals surface area contributed by atoms with Gasteiger partial charge in [-0.25, -0.2) is 0 Å². The van der Waals surface area contributed by atoms with Crippen molar-refractivity contribution in [2.24, 2.45) is 5.73 Å². The van der Waals surface area contributed by atoms with Crippen LogP contribution in [0.2, 0.25) is 0 Å². The minimum atomic E-state index is -4.99. The van der Waals surface area contributed by atoms with Gasteiger partial charge in [0, 0.05) is 31.2 Å². The molecule has 0 unspecified atom stereocenters. The summed E-state index contributed by atoms with van der Waals surface area (Å²) in [7, 11) is 0. The summed E-state index contributed by atoms with van der Waals surface area (Å²) in [5.74, 6) is -0.764. The topological polar surface area (TPSA) is 87.5 Å². The number of benzene rings is 3. The number of carbonyl (C=O) groups is 2. The van der Waals surface area contributed by atoms with Crippen LogP contribution in [0.15, 0.2) is 60.7 Å². The number of halogens is 6. The van der Waals surface area contributed by atoms with E-state index in [-0.39, 0.29) is 43.2 Å². The molecule has 1 saturated heterocycles. The number of fused-ring (bicyclic) bond motifs is 1. The maximum atomic E-state index is 13.4. The number of nitrogens with one attached hydrogen (secondary N) is 2. The number of nitrogens with two attached hydrogens (primary N) is 1. The standard InChI is InChI=1S/C29H30F6N4O2/c30-28(31,32)22-12-18(13-23(15-22)29(33,34)35)17-39-11-9-24(38-25(27(39)41)6-3-10-36)16-37-26(40)21-8-7-19-4-1-2-5-20(19)14-21/h1-2,4-5,7-8,12-15,24-25,38H,3,6,9-11,16-17,36H2,(H,37,40)/t24-,25-/m1/s1. The van der Waals surface area contributed by atoms with E-state index in [0.717, 1.165) is 10.8 Å². The zero-order chi connectivity index (χ0) is 29.8. The molecule has 4 rings (SSSR count). The van der Waals surface area contributed by atoms with Crippen molar-refractivity contribution < 1.29 is 35.9 Å². The largest absolute Gasteiger partial charge is 0.416 e. The molecule has 0 saturated carbocycles. The Hall–Kier alpha value is -3.64. The molecule has 3 aromatic rings. The molecule has 1 heterocycles. The van der Waals surface area contributed by atoms with Crippen molar-refractivity contribution in [1.82, 2.24) is 15.5 Å². The predicted octanol–water partition coefficient (Wildman–Crippen LogP) is 5.11. The van der Waals surface area contributed by atoms with Crippen molar-refractivity contribution in [3.8, 4) is 0 Å². The normalized spacial score (nSPS) is 18.4. The van der Waals surface area contributed by atoms with E-state index in [1.807, 2.05) is 30.3 Å². The third kappa shape index (κ3) is 7.76. The van der Waals surface area contributed by atoms with Gasteiger partial charge in [0.1, 0.15) is 0 Å². The van der Waals surface area contributed by atoms with Gasteiger partial charge in [-0.1, -0.05) is 30.3 Å². The predicted molar refractivity (Wildman–Crippen MR) is 142 cm³/mol. The second-order valence-corrected chi connectivity index (χ2v) is 10.1. The fraction of sp³-hybridized carbons (Fsp3) is 0.379. The Morgan fingerprint density at radius 2 is 1.61 bits per heavy atom. The van der Waals surface area contributed by atoms with E-state index in [1.165, 1.54) is 4.90 Å². The van der Waals surface area contributed by atoms with Crippen molar-refractivity contribution in [2.75, 3.05) is 19.6 Å². The van der Waals surface area contributed by atoms with Gasteiger partial charge in [0.2, 0.25) is 5.91 Å². The smallest absolute Gasteiger partial charge is 0.350 e. The summed E-state index contributed by atoms with van der Waals surface area (Å²) in [5, 5.41) is 7.95. The molecule has 6 nitrogen and oxygen atoms in total. The lowest BCUT2D eigenvalue weighted by Crippen LogP contribution is -2.48. The van der Waals surface area contributed by atoms with E-state index < -0.39 is 42.0 Å². The summed E-state index contributed by atoms with van der Waals surface area (Å²) >= 11 is 0. The Kier molecular flexibility index (Phi) is 9.23. The van der Waals surface area contributed by atoms with Gasteiger partial charge in [0.25, 0.3) is 5.91 Å². The first-order valence-electron chi connectivity index (χ1n) is 13.2. The number of amides is 2. The fourth-order valence-electron chi connectivity index (χ4n) is 4.91. The van der Waals surface area contributed by atoms with Gasteiger partial charge < -0.3 is 21.3 Å². The lowest BCUT2D eigenvalue weighted by atomic mass is 10.0. The third-order valence-corrected chi connectivity index (χ3v) is 7.03. The first-order chi connectivity index (χ1) is 19.3. The average Bonchev–Trinajstić information content (AvgIpc) is 3.07. The molecule has 2 amide bonds. The minimum Gasteiger partial charge on any atom is -0.350 e. The number of carbonyl (C=O) groups excluding carboxylic acids is 2. The molecule has 3 aromatic carbocycles. The van der Waals surface area contributed by atoms with E-state index in [0.29, 0.717) is 37.0 Å². The Bertz CT molecular complexity index is 1360. The molecule has 0 aromatic heterocycles. The van der Waals surface area contributed by atoms with Crippen LogP contribution in [-0.2, 0) is 23.7 Å². The quantitative estimate of drug-likeness (QED) is 0.324. The van der Waals surface area contributed by atoms with E-state index in [1.54, 1.807) is 12.1 Å². The highest BCUT2D eigenvalue weighted by molar-refractivity contribution is 5.98. The van der Waals surface area contributed by atoms with Crippen LogP contribution in [0.5, 0.6) is 0 Å². The highest BCUT2D eigenvalue weighted by Gasteiger charge is 2.38. The second-order valence-electron chi connectivity index (χ2n) is 10.1. The molecule has 0 spiro atoms. The first-order valence-corrected chi connectivity index (χ1v) is 13.2. The molecule has 41 heavy (non-hydrogen) atoms. The van der Waals surface area contributed by atoms with Crippen molar-refractivity contribution in [3.63, 3.8) is 0 Å². The molecule has 0 bridgehead atoms. The zero-order valence-corrected chi connectivity index (χ0v) is 22.0. The van der Waals surface area contributed by atoms with Crippen LogP contribution in [0.4, 0.5) is 26.3 Å². The summed E-state index contributed by atoms with van der Waals surface area (Å²) in [4.78, 5) is 27.4. The van der Waals surface area contributed by atoms with Crippen LogP contribution < -0.4 is 16.4 Å². The van der Waals surface area contributed by atoms with Gasteiger partial charge >= 0.3 is 12.4 Å². The van der Waals surface area contributed by atoms with E-state index in [2.05, 4.69) is 10.6 Å². The summed E-state index contributed by atoms with van der Waals surface area (Å²) in [5.41, 5.74) is 2.93. The Labute approximate surface area is 232 Å². The zero-order valence-electron chi connectivity index (χ0n) is 22.0. The van der Waals surface area contributed by atoms with Crippen LogP contribution in [0.1, 0.15) is 46.3 Å². The van der Waals surface area contributed by atoms with Crippen LogP contribution in [0.3, 0.4) is 0 Å². The molecule has 220 valence electrons. The molecule has 12 heteroatoms. The number of nitrogens with zero attached hydrogens (tertiary/aromatic N) is 1. The Balaban J connectivity index is 1.49. The van der Waals surface area contributed by atoms with Gasteiger partial charge in [0.15, 0.2) is 0 Å². The van der Waals surface area contributed by atoms with E-state index >= 15 is 0 Å². The van der Waals surface area contributed by atoms with Gasteiger partial charge in [-0.2, -0.15) is 26.3 Å². The van der Waals surface area contributed by atoms with Crippen molar-refractivity contribution in [2.45, 2.75) is 50.2 Å². The molecule has 0 aliphatic carbocycles. The lowest BCUT2D eigenvalue weighted by Gasteiger charge is -2.25. The summed E-state index contributed by atoms with van der Waals surface area (Å²) in [6.45, 7) is 0.0902.